The summed E-state index contributed by atoms with van der Waals surface area (Å²) >= 11 is 0. The van der Waals surface area contributed by atoms with Gasteiger partial charge >= 0.3 is 18.9 Å². The molecule has 0 nitrogen and oxygen atoms in total. The fourth-order valence-electron chi connectivity index (χ4n) is 0. The quantitative estimate of drug-likeness (QED) is 0.393. The van der Waals surface area contributed by atoms with Crippen LogP contribution >= 0.6 is 12.4 Å². The summed E-state index contributed by atoms with van der Waals surface area (Å²) in [7, 11) is 0. The Morgan fingerprint density at radius 2 is 1.25 bits per heavy atom. The molecule has 0 N–H and O–H groups in total. The van der Waals surface area contributed by atoms with Crippen molar-refractivity contribution in [2.45, 2.75) is 0 Å². The zero-order chi connectivity index (χ0) is 0. The summed E-state index contributed by atoms with van der Waals surface area (Å²) in [5.74, 6) is 0. The van der Waals surface area contributed by atoms with E-state index in [0.29, 0.717) is 0 Å². The van der Waals surface area contributed by atoms with Crippen molar-refractivity contribution in [1.82, 2.24) is 0 Å². The van der Waals surface area contributed by atoms with Crippen LogP contribution in [0.1, 0.15) is 1.43 Å². The summed E-state index contributed by atoms with van der Waals surface area (Å²) in [6.07, 6.45) is 0. The third-order valence-corrected chi connectivity index (χ3v) is 0. The van der Waals surface area contributed by atoms with Crippen LogP contribution in [-0.4, -0.2) is 27.3 Å². The standard InChI is InChI=1S/ClH.La.Li.Tl.H/h1H;;;;/q;;+1;;-1. The van der Waals surface area contributed by atoms with Gasteiger partial charge in [0.1, 0.15) is 0 Å². The third-order valence-electron chi connectivity index (χ3n) is 0. The summed E-state index contributed by atoms with van der Waals surface area (Å²) in [5, 5.41) is 0. The molecule has 0 atom stereocenters. The normalized spacial score (nSPS) is 0. The number of hydrogen-bond donors (Lipinski definition) is 0. The van der Waals surface area contributed by atoms with Crippen molar-refractivity contribution in [3.05, 3.63) is 0 Å². The van der Waals surface area contributed by atoms with E-state index in [1.54, 1.807) is 0 Å². The van der Waals surface area contributed by atoms with Crippen LogP contribution in [0.5, 0.6) is 0 Å². The van der Waals surface area contributed by atoms with Crippen LogP contribution in [0.2, 0.25) is 0 Å². The molecule has 0 aromatic carbocycles. The number of halogens is 1. The van der Waals surface area contributed by atoms with Crippen LogP contribution < -0.4 is 18.9 Å². The number of rotatable bonds is 0. The molecule has 0 saturated heterocycles. The zero-order valence-electron chi connectivity index (χ0n) is 3.56. The van der Waals surface area contributed by atoms with Crippen LogP contribution in [0.4, 0.5) is 0 Å². The van der Waals surface area contributed by atoms with Crippen LogP contribution in [0.15, 0.2) is 0 Å². The molecule has 4 heteroatoms. The molecule has 0 heterocycles. The van der Waals surface area contributed by atoms with Gasteiger partial charge in [-0.05, 0) is 0 Å². The van der Waals surface area contributed by atoms with Gasteiger partial charge in [-0.1, -0.05) is 0 Å². The second-order valence-electron chi connectivity index (χ2n) is 0. The van der Waals surface area contributed by atoms with E-state index >= 15 is 0 Å². The second kappa shape index (κ2) is 16.7. The van der Waals surface area contributed by atoms with Crippen LogP contribution in [-0.2, 0) is 0 Å². The minimum atomic E-state index is 0. The molecule has 0 aliphatic heterocycles. The summed E-state index contributed by atoms with van der Waals surface area (Å²) in [4.78, 5) is 0. The first-order valence-corrected chi connectivity index (χ1v) is 0. The van der Waals surface area contributed by atoms with E-state index in [4.69, 9.17) is 0 Å². The molecule has 0 amide bonds. The minimum Gasteiger partial charge on any atom is -1.00 e. The summed E-state index contributed by atoms with van der Waals surface area (Å²) in [5.41, 5.74) is 0. The molecule has 0 unspecified atom stereocenters. The molecule has 0 bridgehead atoms. The molecule has 0 saturated carbocycles. The molecule has 0 fully saturated rings. The molecule has 16 valence electrons. The predicted octanol–water partition coefficient (Wildman–Crippen LogP) is -2.84. The van der Waals surface area contributed by atoms with Gasteiger partial charge in [-0.3, -0.25) is 0 Å². The molecule has 2 radical (unpaired) electrons. The Kier molecular flexibility index (Phi) is 117. The van der Waals surface area contributed by atoms with Crippen molar-refractivity contribution in [2.75, 3.05) is 0 Å². The topological polar surface area (TPSA) is 0 Å². The first-order chi connectivity index (χ1) is 0. The SMILES string of the molecule is Cl.[H-].[La].[Li+].[Tl]. The first kappa shape index (κ1) is 28.0. The average Bonchev–Trinajstić information content (AvgIpc) is 0. The predicted molar refractivity (Wildman–Crippen MR) is 14.1 cm³/mol. The van der Waals surface area contributed by atoms with Crippen molar-refractivity contribution in [1.29, 1.82) is 0 Å². The van der Waals surface area contributed by atoms with Gasteiger partial charge in [0, 0.05) is 62.9 Å². The van der Waals surface area contributed by atoms with Crippen molar-refractivity contribution >= 4 is 39.7 Å². The van der Waals surface area contributed by atoms with Gasteiger partial charge in [0.25, 0.3) is 0 Å². The fraction of sp³-hybridized carbons (Fsp3) is 0. The molecule has 4 heavy (non-hydrogen) atoms. The van der Waals surface area contributed by atoms with Crippen molar-refractivity contribution < 1.29 is 55.9 Å². The third kappa shape index (κ3) is 8.89. The molecule has 0 aromatic rings. The second-order valence-corrected chi connectivity index (χ2v) is 0. The van der Waals surface area contributed by atoms with Crippen molar-refractivity contribution in [3.8, 4) is 0 Å². The minimum absolute atomic E-state index is 0. The first-order valence-electron chi connectivity index (χ1n) is 0. The molecular formula is H2ClLaLiTl. The zero-order valence-corrected chi connectivity index (χ0v) is 11.5. The van der Waals surface area contributed by atoms with Gasteiger partial charge < -0.3 is 1.43 Å². The van der Waals surface area contributed by atoms with E-state index in [-0.39, 0.29) is 95.6 Å². The van der Waals surface area contributed by atoms with E-state index in [9.17, 15) is 0 Å². The Labute approximate surface area is 93.7 Å². The summed E-state index contributed by atoms with van der Waals surface area (Å²) < 4.78 is 0. The van der Waals surface area contributed by atoms with Gasteiger partial charge in [0.05, 0.1) is 0 Å². The van der Waals surface area contributed by atoms with E-state index in [0.717, 1.165) is 0 Å². The van der Waals surface area contributed by atoms with Crippen molar-refractivity contribution in [2.24, 2.45) is 0 Å². The van der Waals surface area contributed by atoms with Crippen LogP contribution in [0.25, 0.3) is 0 Å². The monoisotopic (exact) mass is 388 g/mol. The van der Waals surface area contributed by atoms with Gasteiger partial charge in [0.15, 0.2) is 0 Å². The molecule has 0 spiro atoms. The Balaban J connectivity index is 0. The van der Waals surface area contributed by atoms with Gasteiger partial charge in [0.2, 0.25) is 0 Å². The molecule has 0 aliphatic rings. The van der Waals surface area contributed by atoms with Gasteiger partial charge in [-0.15, -0.1) is 12.4 Å². The molecule has 0 rings (SSSR count). The van der Waals surface area contributed by atoms with E-state index < -0.39 is 0 Å². The Bertz CT molecular complexity index is 11.6. The maximum absolute atomic E-state index is 0. The van der Waals surface area contributed by atoms with E-state index in [1.165, 1.54) is 0 Å². The maximum atomic E-state index is 0. The van der Waals surface area contributed by atoms with Crippen LogP contribution in [0.3, 0.4) is 0 Å². The van der Waals surface area contributed by atoms with Crippen molar-refractivity contribution in [3.63, 3.8) is 0 Å². The van der Waals surface area contributed by atoms with E-state index in [1.807, 2.05) is 0 Å². The summed E-state index contributed by atoms with van der Waals surface area (Å²) in [6.45, 7) is 0. The summed E-state index contributed by atoms with van der Waals surface area (Å²) in [6, 6.07) is 0. The molecular weight excluding hydrogens is 386 g/mol. The smallest absolute Gasteiger partial charge is 1.00 e. The fourth-order valence-corrected chi connectivity index (χ4v) is 0. The largest absolute Gasteiger partial charge is 1.00 e. The Hall–Kier alpha value is 3.00. The Morgan fingerprint density at radius 1 is 1.25 bits per heavy atom. The van der Waals surface area contributed by atoms with Crippen LogP contribution in [0, 0.1) is 35.6 Å². The Morgan fingerprint density at radius 3 is 1.25 bits per heavy atom. The molecule has 0 aliphatic carbocycles. The average molecular weight is 388 g/mol. The van der Waals surface area contributed by atoms with Gasteiger partial charge in [-0.2, -0.15) is 0 Å². The van der Waals surface area contributed by atoms with E-state index in [2.05, 4.69) is 0 Å². The van der Waals surface area contributed by atoms with Gasteiger partial charge in [-0.25, -0.2) is 0 Å². The maximum Gasteiger partial charge on any atom is 1.00 e. The number of hydrogen-bond acceptors (Lipinski definition) is 0. The molecule has 0 aromatic heterocycles.